The molecule has 2 N–H and O–H groups in total. The van der Waals surface area contributed by atoms with Crippen molar-refractivity contribution in [2.24, 2.45) is 5.92 Å². The Morgan fingerprint density at radius 2 is 2.26 bits per heavy atom. The third kappa shape index (κ3) is 4.16. The molecule has 1 fully saturated rings. The molecule has 0 radical (unpaired) electrons. The Hall–Kier alpha value is -0.650. The maximum atomic E-state index is 11.6. The first-order valence-electron chi connectivity index (χ1n) is 7.22. The normalized spacial score (nSPS) is 27.1. The van der Waals surface area contributed by atoms with Crippen LogP contribution >= 0.6 is 0 Å². The highest BCUT2D eigenvalue weighted by atomic mass is 16.5. The molecule has 112 valence electrons. The smallest absolute Gasteiger partial charge is 0.324 e. The first-order chi connectivity index (χ1) is 9.06. The Morgan fingerprint density at radius 1 is 1.53 bits per heavy atom. The summed E-state index contributed by atoms with van der Waals surface area (Å²) in [6.45, 7) is 5.23. The molecule has 0 aliphatic heterocycles. The van der Waals surface area contributed by atoms with Gasteiger partial charge in [-0.15, -0.1) is 0 Å². The topological polar surface area (TPSA) is 61.8 Å². The highest BCUT2D eigenvalue weighted by Gasteiger charge is 2.48. The number of carboxylic acid groups (broad SMARTS) is 1. The molecule has 1 saturated carbocycles. The van der Waals surface area contributed by atoms with Crippen molar-refractivity contribution in [1.82, 2.24) is 10.2 Å². The molecule has 5 heteroatoms. The van der Waals surface area contributed by atoms with E-state index in [2.05, 4.69) is 17.3 Å². The van der Waals surface area contributed by atoms with E-state index in [9.17, 15) is 9.90 Å². The van der Waals surface area contributed by atoms with Gasteiger partial charge in [0.15, 0.2) is 0 Å². The fourth-order valence-corrected chi connectivity index (χ4v) is 3.11. The molecule has 2 atom stereocenters. The second-order valence-corrected chi connectivity index (χ2v) is 5.48. The molecule has 0 saturated heterocycles. The SMILES string of the molecule is CCNC1(C(=O)O)CCCC1CCN(C)CCOC. The molecule has 0 amide bonds. The fourth-order valence-electron chi connectivity index (χ4n) is 3.11. The van der Waals surface area contributed by atoms with Crippen LogP contribution in [0.4, 0.5) is 0 Å². The van der Waals surface area contributed by atoms with Gasteiger partial charge in [-0.05, 0) is 45.3 Å². The third-order valence-electron chi connectivity index (χ3n) is 4.23. The van der Waals surface area contributed by atoms with Crippen LogP contribution < -0.4 is 5.32 Å². The molecule has 0 aromatic heterocycles. The number of nitrogens with zero attached hydrogens (tertiary/aromatic N) is 1. The lowest BCUT2D eigenvalue weighted by Gasteiger charge is -2.33. The molecule has 19 heavy (non-hydrogen) atoms. The molecule has 5 nitrogen and oxygen atoms in total. The fraction of sp³-hybridized carbons (Fsp3) is 0.929. The quantitative estimate of drug-likeness (QED) is 0.660. The van der Waals surface area contributed by atoms with Gasteiger partial charge in [-0.2, -0.15) is 0 Å². The number of aliphatic carboxylic acids is 1. The standard InChI is InChI=1S/C14H28N2O3/c1-4-15-14(13(17)18)8-5-6-12(14)7-9-16(2)10-11-19-3/h12,15H,4-11H2,1-3H3,(H,17,18). The maximum absolute atomic E-state index is 11.6. The predicted molar refractivity (Wildman–Crippen MR) is 75.4 cm³/mol. The number of nitrogens with one attached hydrogen (secondary N) is 1. The Balaban J connectivity index is 2.53. The Labute approximate surface area is 116 Å². The summed E-state index contributed by atoms with van der Waals surface area (Å²) in [6.07, 6.45) is 3.70. The molecule has 0 aromatic carbocycles. The molecular weight excluding hydrogens is 244 g/mol. The van der Waals surface area contributed by atoms with Gasteiger partial charge in [-0.25, -0.2) is 0 Å². The lowest BCUT2D eigenvalue weighted by Crippen LogP contribution is -2.55. The van der Waals surface area contributed by atoms with Crippen molar-refractivity contribution in [1.29, 1.82) is 0 Å². The molecule has 0 aromatic rings. The van der Waals surface area contributed by atoms with E-state index >= 15 is 0 Å². The van der Waals surface area contributed by atoms with Crippen LogP contribution in [0.15, 0.2) is 0 Å². The largest absolute Gasteiger partial charge is 0.480 e. The van der Waals surface area contributed by atoms with Gasteiger partial charge in [-0.1, -0.05) is 13.3 Å². The third-order valence-corrected chi connectivity index (χ3v) is 4.23. The minimum atomic E-state index is -0.698. The average molecular weight is 272 g/mol. The van der Waals surface area contributed by atoms with Gasteiger partial charge in [-0.3, -0.25) is 4.79 Å². The molecule has 0 spiro atoms. The van der Waals surface area contributed by atoms with Crippen molar-refractivity contribution in [2.45, 2.75) is 38.1 Å². The van der Waals surface area contributed by atoms with E-state index in [0.29, 0.717) is 6.54 Å². The summed E-state index contributed by atoms with van der Waals surface area (Å²) >= 11 is 0. The van der Waals surface area contributed by atoms with E-state index < -0.39 is 11.5 Å². The number of ether oxygens (including phenoxy) is 1. The number of carboxylic acids is 1. The van der Waals surface area contributed by atoms with Gasteiger partial charge in [0.1, 0.15) is 5.54 Å². The second kappa shape index (κ2) is 7.82. The number of hydrogen-bond donors (Lipinski definition) is 2. The summed E-state index contributed by atoms with van der Waals surface area (Å²) in [7, 11) is 3.76. The maximum Gasteiger partial charge on any atom is 0.324 e. The first kappa shape index (κ1) is 16.4. The lowest BCUT2D eigenvalue weighted by molar-refractivity contribution is -0.146. The van der Waals surface area contributed by atoms with Gasteiger partial charge in [0.2, 0.25) is 0 Å². The van der Waals surface area contributed by atoms with Crippen LogP contribution in [-0.2, 0) is 9.53 Å². The zero-order valence-corrected chi connectivity index (χ0v) is 12.4. The monoisotopic (exact) mass is 272 g/mol. The van der Waals surface area contributed by atoms with Gasteiger partial charge < -0.3 is 20.1 Å². The molecule has 2 unspecified atom stereocenters. The van der Waals surface area contributed by atoms with Crippen LogP contribution in [0.3, 0.4) is 0 Å². The molecule has 1 aliphatic rings. The molecule has 1 rings (SSSR count). The van der Waals surface area contributed by atoms with Crippen LogP contribution in [0, 0.1) is 5.92 Å². The van der Waals surface area contributed by atoms with E-state index in [-0.39, 0.29) is 5.92 Å². The number of carbonyl (C=O) groups is 1. The van der Waals surface area contributed by atoms with Crippen molar-refractivity contribution in [3.8, 4) is 0 Å². The van der Waals surface area contributed by atoms with Gasteiger partial charge in [0, 0.05) is 13.7 Å². The van der Waals surface area contributed by atoms with E-state index in [1.807, 2.05) is 6.92 Å². The van der Waals surface area contributed by atoms with E-state index in [1.165, 1.54) is 0 Å². The van der Waals surface area contributed by atoms with Crippen molar-refractivity contribution in [3.05, 3.63) is 0 Å². The van der Waals surface area contributed by atoms with E-state index in [1.54, 1.807) is 7.11 Å². The zero-order chi connectivity index (χ0) is 14.3. The molecule has 1 aliphatic carbocycles. The predicted octanol–water partition coefficient (Wildman–Crippen LogP) is 1.19. The minimum absolute atomic E-state index is 0.231. The van der Waals surface area contributed by atoms with Gasteiger partial charge >= 0.3 is 5.97 Å². The van der Waals surface area contributed by atoms with Crippen LogP contribution in [0.2, 0.25) is 0 Å². The number of likely N-dealkylation sites (N-methyl/N-ethyl adjacent to an activating group) is 2. The average Bonchev–Trinajstić information content (AvgIpc) is 2.78. The summed E-state index contributed by atoms with van der Waals surface area (Å²) in [6, 6.07) is 0. The highest BCUT2D eigenvalue weighted by molar-refractivity contribution is 5.79. The van der Waals surface area contributed by atoms with Crippen LogP contribution in [0.1, 0.15) is 32.6 Å². The van der Waals surface area contributed by atoms with Crippen molar-refractivity contribution in [3.63, 3.8) is 0 Å². The Kier molecular flexibility index (Phi) is 6.75. The lowest BCUT2D eigenvalue weighted by atomic mass is 9.84. The van der Waals surface area contributed by atoms with Gasteiger partial charge in [0.05, 0.1) is 6.61 Å². The Morgan fingerprint density at radius 3 is 2.84 bits per heavy atom. The number of methoxy groups -OCH3 is 1. The molecule has 0 heterocycles. The number of hydrogen-bond acceptors (Lipinski definition) is 4. The van der Waals surface area contributed by atoms with Crippen molar-refractivity contribution >= 4 is 5.97 Å². The van der Waals surface area contributed by atoms with Crippen LogP contribution in [-0.4, -0.2) is 61.9 Å². The van der Waals surface area contributed by atoms with Crippen molar-refractivity contribution < 1.29 is 14.6 Å². The highest BCUT2D eigenvalue weighted by Crippen LogP contribution is 2.38. The molecule has 0 bridgehead atoms. The summed E-state index contributed by atoms with van der Waals surface area (Å²) < 4.78 is 5.05. The summed E-state index contributed by atoms with van der Waals surface area (Å²) in [5, 5.41) is 12.8. The molecular formula is C14H28N2O3. The van der Waals surface area contributed by atoms with Gasteiger partial charge in [0.25, 0.3) is 0 Å². The van der Waals surface area contributed by atoms with Crippen LogP contribution in [0.5, 0.6) is 0 Å². The summed E-state index contributed by atoms with van der Waals surface area (Å²) in [4.78, 5) is 13.9. The first-order valence-corrected chi connectivity index (χ1v) is 7.22. The summed E-state index contributed by atoms with van der Waals surface area (Å²) in [5.74, 6) is -0.452. The number of rotatable bonds is 9. The van der Waals surface area contributed by atoms with Crippen molar-refractivity contribution in [2.75, 3.05) is 40.4 Å². The van der Waals surface area contributed by atoms with E-state index in [4.69, 9.17) is 4.74 Å². The van der Waals surface area contributed by atoms with E-state index in [0.717, 1.165) is 45.4 Å². The zero-order valence-electron chi connectivity index (χ0n) is 12.4. The van der Waals surface area contributed by atoms with Crippen LogP contribution in [0.25, 0.3) is 0 Å². The summed E-state index contributed by atoms with van der Waals surface area (Å²) in [5.41, 5.74) is -0.698. The minimum Gasteiger partial charge on any atom is -0.480 e. The second-order valence-electron chi connectivity index (χ2n) is 5.48. The Bertz CT molecular complexity index is 286.